The molecule has 1 amide bonds. The number of halogens is 1. The van der Waals surface area contributed by atoms with Crippen molar-refractivity contribution in [2.45, 2.75) is 26.8 Å². The van der Waals surface area contributed by atoms with Crippen LogP contribution in [0.2, 0.25) is 5.02 Å². The maximum Gasteiger partial charge on any atom is 0.251 e. The van der Waals surface area contributed by atoms with Gasteiger partial charge in [-0.05, 0) is 61.7 Å². The molecule has 0 aromatic heterocycles. The summed E-state index contributed by atoms with van der Waals surface area (Å²) in [6, 6.07) is 13.1. The first-order chi connectivity index (χ1) is 9.47. The maximum atomic E-state index is 12.1. The Hall–Kier alpha value is -1.80. The molecule has 2 aromatic carbocycles. The lowest BCUT2D eigenvalue weighted by molar-refractivity contribution is 0.0940. The van der Waals surface area contributed by atoms with Crippen LogP contribution in [0.4, 0.5) is 0 Å². The van der Waals surface area contributed by atoms with Gasteiger partial charge in [0, 0.05) is 10.6 Å². The van der Waals surface area contributed by atoms with Crippen LogP contribution in [0.25, 0.3) is 0 Å². The molecule has 20 heavy (non-hydrogen) atoms. The zero-order chi connectivity index (χ0) is 14.7. The highest BCUT2D eigenvalue weighted by molar-refractivity contribution is 6.30. The molecule has 2 rings (SSSR count). The Balaban J connectivity index is 2.10. The van der Waals surface area contributed by atoms with Gasteiger partial charge in [-0.1, -0.05) is 29.8 Å². The minimum Gasteiger partial charge on any atom is -0.346 e. The van der Waals surface area contributed by atoms with Crippen molar-refractivity contribution in [2.75, 3.05) is 0 Å². The van der Waals surface area contributed by atoms with Crippen LogP contribution in [0, 0.1) is 13.8 Å². The fourth-order valence-electron chi connectivity index (χ4n) is 2.00. The van der Waals surface area contributed by atoms with Gasteiger partial charge < -0.3 is 5.32 Å². The molecule has 0 aliphatic rings. The van der Waals surface area contributed by atoms with E-state index < -0.39 is 0 Å². The Morgan fingerprint density at radius 1 is 1.05 bits per heavy atom. The maximum absolute atomic E-state index is 12.1. The molecule has 0 aliphatic heterocycles. The molecule has 0 fully saturated rings. The van der Waals surface area contributed by atoms with Crippen molar-refractivity contribution in [3.05, 3.63) is 69.7 Å². The van der Waals surface area contributed by atoms with E-state index in [1.54, 1.807) is 24.3 Å². The summed E-state index contributed by atoms with van der Waals surface area (Å²) < 4.78 is 0. The van der Waals surface area contributed by atoms with Crippen molar-refractivity contribution < 1.29 is 4.79 Å². The molecule has 0 saturated carbocycles. The van der Waals surface area contributed by atoms with E-state index in [4.69, 9.17) is 11.6 Å². The molecular formula is C17H18ClNO. The van der Waals surface area contributed by atoms with Gasteiger partial charge in [0.15, 0.2) is 0 Å². The predicted octanol–water partition coefficient (Wildman–Crippen LogP) is 4.45. The van der Waals surface area contributed by atoms with Gasteiger partial charge in [-0.15, -0.1) is 0 Å². The van der Waals surface area contributed by atoms with Gasteiger partial charge >= 0.3 is 0 Å². The van der Waals surface area contributed by atoms with Gasteiger partial charge in [0.25, 0.3) is 5.91 Å². The monoisotopic (exact) mass is 287 g/mol. The first-order valence-corrected chi connectivity index (χ1v) is 6.99. The molecule has 0 heterocycles. The quantitative estimate of drug-likeness (QED) is 0.888. The van der Waals surface area contributed by atoms with E-state index in [1.165, 1.54) is 11.1 Å². The van der Waals surface area contributed by atoms with E-state index in [-0.39, 0.29) is 11.9 Å². The minimum atomic E-state index is -0.0904. The second-order valence-corrected chi connectivity index (χ2v) is 5.48. The van der Waals surface area contributed by atoms with Crippen molar-refractivity contribution in [1.82, 2.24) is 5.32 Å². The Kier molecular flexibility index (Phi) is 4.46. The lowest BCUT2D eigenvalue weighted by Gasteiger charge is -2.15. The fourth-order valence-corrected chi connectivity index (χ4v) is 2.12. The van der Waals surface area contributed by atoms with Crippen molar-refractivity contribution >= 4 is 17.5 Å². The highest BCUT2D eigenvalue weighted by Crippen LogP contribution is 2.17. The van der Waals surface area contributed by atoms with Crippen LogP contribution in [0.1, 0.15) is 40.0 Å². The first kappa shape index (κ1) is 14.6. The van der Waals surface area contributed by atoms with Crippen LogP contribution in [-0.2, 0) is 0 Å². The second kappa shape index (κ2) is 6.10. The number of benzene rings is 2. The number of hydrogen-bond acceptors (Lipinski definition) is 1. The summed E-state index contributed by atoms with van der Waals surface area (Å²) in [4.78, 5) is 12.1. The number of hydrogen-bond donors (Lipinski definition) is 1. The van der Waals surface area contributed by atoms with Gasteiger partial charge in [0.1, 0.15) is 0 Å². The topological polar surface area (TPSA) is 29.1 Å². The van der Waals surface area contributed by atoms with Crippen LogP contribution in [0.15, 0.2) is 42.5 Å². The van der Waals surface area contributed by atoms with E-state index in [9.17, 15) is 4.79 Å². The highest BCUT2D eigenvalue weighted by atomic mass is 35.5. The lowest BCUT2D eigenvalue weighted by Crippen LogP contribution is -2.26. The van der Waals surface area contributed by atoms with E-state index in [1.807, 2.05) is 6.92 Å². The molecule has 0 radical (unpaired) electrons. The Morgan fingerprint density at radius 2 is 1.70 bits per heavy atom. The number of carbonyl (C=O) groups excluding carboxylic acids is 1. The molecule has 2 aromatic rings. The molecule has 0 aliphatic carbocycles. The smallest absolute Gasteiger partial charge is 0.251 e. The van der Waals surface area contributed by atoms with Crippen molar-refractivity contribution in [3.63, 3.8) is 0 Å². The third-order valence-electron chi connectivity index (χ3n) is 3.48. The van der Waals surface area contributed by atoms with Crippen LogP contribution < -0.4 is 5.32 Å². The molecule has 0 saturated heterocycles. The van der Waals surface area contributed by atoms with Crippen molar-refractivity contribution in [2.24, 2.45) is 0 Å². The highest BCUT2D eigenvalue weighted by Gasteiger charge is 2.11. The normalized spacial score (nSPS) is 12.0. The van der Waals surface area contributed by atoms with Crippen LogP contribution >= 0.6 is 11.6 Å². The van der Waals surface area contributed by atoms with Crippen LogP contribution in [0.3, 0.4) is 0 Å². The summed E-state index contributed by atoms with van der Waals surface area (Å²) >= 11 is 5.82. The number of nitrogens with one attached hydrogen (secondary N) is 1. The molecule has 3 heteroatoms. The summed E-state index contributed by atoms with van der Waals surface area (Å²) in [6.07, 6.45) is 0. The number of carbonyl (C=O) groups is 1. The van der Waals surface area contributed by atoms with Crippen molar-refractivity contribution in [3.8, 4) is 0 Å². The molecule has 1 N–H and O–H groups in total. The average Bonchev–Trinajstić information content (AvgIpc) is 2.42. The molecular weight excluding hydrogens is 270 g/mol. The molecule has 0 spiro atoms. The number of rotatable bonds is 3. The summed E-state index contributed by atoms with van der Waals surface area (Å²) in [5, 5.41) is 3.63. The van der Waals surface area contributed by atoms with Gasteiger partial charge in [0.2, 0.25) is 0 Å². The fraction of sp³-hybridized carbons (Fsp3) is 0.235. The van der Waals surface area contributed by atoms with E-state index >= 15 is 0 Å². The van der Waals surface area contributed by atoms with Crippen LogP contribution in [-0.4, -0.2) is 5.91 Å². The molecule has 1 atom stereocenters. The van der Waals surface area contributed by atoms with Gasteiger partial charge in [0.05, 0.1) is 6.04 Å². The standard InChI is InChI=1S/C17H18ClNO/c1-11-4-5-15(10-12(11)2)13(3)19-17(20)14-6-8-16(18)9-7-14/h4-10,13H,1-3H3,(H,19,20). The lowest BCUT2D eigenvalue weighted by atomic mass is 10.0. The van der Waals surface area contributed by atoms with Crippen molar-refractivity contribution in [1.29, 1.82) is 0 Å². The summed E-state index contributed by atoms with van der Waals surface area (Å²) in [6.45, 7) is 6.14. The molecule has 1 unspecified atom stereocenters. The number of amides is 1. The van der Waals surface area contributed by atoms with Gasteiger partial charge in [-0.3, -0.25) is 4.79 Å². The summed E-state index contributed by atoms with van der Waals surface area (Å²) in [7, 11) is 0. The van der Waals surface area contributed by atoms with Crippen LogP contribution in [0.5, 0.6) is 0 Å². The zero-order valence-electron chi connectivity index (χ0n) is 11.9. The Bertz CT molecular complexity index is 619. The zero-order valence-corrected chi connectivity index (χ0v) is 12.7. The minimum absolute atomic E-state index is 0.0301. The van der Waals surface area contributed by atoms with E-state index in [0.717, 1.165) is 5.56 Å². The Labute approximate surface area is 124 Å². The van der Waals surface area contributed by atoms with Gasteiger partial charge in [-0.2, -0.15) is 0 Å². The predicted molar refractivity (Wildman–Crippen MR) is 83.2 cm³/mol. The Morgan fingerprint density at radius 3 is 2.30 bits per heavy atom. The molecule has 0 bridgehead atoms. The molecule has 104 valence electrons. The largest absolute Gasteiger partial charge is 0.346 e. The van der Waals surface area contributed by atoms with E-state index in [2.05, 4.69) is 37.4 Å². The second-order valence-electron chi connectivity index (χ2n) is 5.05. The number of aryl methyl sites for hydroxylation is 2. The van der Waals surface area contributed by atoms with E-state index in [0.29, 0.717) is 10.6 Å². The first-order valence-electron chi connectivity index (χ1n) is 6.61. The SMILES string of the molecule is Cc1ccc(C(C)NC(=O)c2ccc(Cl)cc2)cc1C. The molecule has 2 nitrogen and oxygen atoms in total. The third-order valence-corrected chi connectivity index (χ3v) is 3.74. The summed E-state index contributed by atoms with van der Waals surface area (Å²) in [5.41, 5.74) is 4.21. The average molecular weight is 288 g/mol. The summed E-state index contributed by atoms with van der Waals surface area (Å²) in [5.74, 6) is -0.0904. The third kappa shape index (κ3) is 3.40. The van der Waals surface area contributed by atoms with Gasteiger partial charge in [-0.25, -0.2) is 0 Å².